The Bertz CT molecular complexity index is 1090. The van der Waals surface area contributed by atoms with Crippen LogP contribution in [0.25, 0.3) is 5.76 Å². The summed E-state index contributed by atoms with van der Waals surface area (Å²) in [6.45, 7) is 8.29. The van der Waals surface area contributed by atoms with E-state index in [1.54, 1.807) is 30.2 Å². The van der Waals surface area contributed by atoms with E-state index >= 15 is 0 Å². The van der Waals surface area contributed by atoms with E-state index < -0.39 is 17.7 Å². The summed E-state index contributed by atoms with van der Waals surface area (Å²) in [7, 11) is 1.59. The number of aliphatic hydroxyl groups is 1. The van der Waals surface area contributed by atoms with Crippen LogP contribution in [0.15, 0.2) is 48.0 Å². The Balaban J connectivity index is 1.68. The Hall–Kier alpha value is -3.16. The zero-order valence-electron chi connectivity index (χ0n) is 20.0. The largest absolute Gasteiger partial charge is 0.507 e. The molecule has 0 spiro atoms. The van der Waals surface area contributed by atoms with Crippen molar-refractivity contribution in [1.82, 2.24) is 9.80 Å². The Morgan fingerprint density at radius 3 is 2.41 bits per heavy atom. The first-order valence-corrected chi connectivity index (χ1v) is 11.7. The lowest BCUT2D eigenvalue weighted by molar-refractivity contribution is -0.140. The third kappa shape index (κ3) is 4.86. The lowest BCUT2D eigenvalue weighted by Crippen LogP contribution is -2.38. The third-order valence-corrected chi connectivity index (χ3v) is 6.58. The number of carbonyl (C=O) groups excluding carboxylic acids is 2. The van der Waals surface area contributed by atoms with Crippen LogP contribution in [-0.4, -0.2) is 73.1 Å². The van der Waals surface area contributed by atoms with Crippen molar-refractivity contribution in [2.75, 3.05) is 46.5 Å². The predicted octanol–water partition coefficient (Wildman–Crippen LogP) is 3.46. The van der Waals surface area contributed by atoms with Crippen molar-refractivity contribution in [2.24, 2.45) is 0 Å². The van der Waals surface area contributed by atoms with E-state index in [4.69, 9.17) is 9.47 Å². The molecule has 0 saturated carbocycles. The Labute approximate surface area is 200 Å². The van der Waals surface area contributed by atoms with Crippen molar-refractivity contribution >= 4 is 17.4 Å². The number of ether oxygens (including phenoxy) is 2. The third-order valence-electron chi connectivity index (χ3n) is 6.58. The van der Waals surface area contributed by atoms with E-state index in [2.05, 4.69) is 4.90 Å². The fraction of sp³-hybridized carbons (Fsp3) is 0.407. The molecule has 2 aromatic carbocycles. The summed E-state index contributed by atoms with van der Waals surface area (Å²) in [5, 5.41) is 11.2. The topological polar surface area (TPSA) is 79.3 Å². The van der Waals surface area contributed by atoms with E-state index in [0.717, 1.165) is 56.0 Å². The summed E-state index contributed by atoms with van der Waals surface area (Å²) < 4.78 is 10.7. The Kier molecular flexibility index (Phi) is 7.34. The summed E-state index contributed by atoms with van der Waals surface area (Å²) in [6.07, 6.45) is 0.733. The van der Waals surface area contributed by atoms with Gasteiger partial charge in [-0.1, -0.05) is 29.8 Å². The SMILES string of the molecule is COc1ccc(/C(O)=C2/C(=O)C(=O)N(CCCN3CCOCC3)C2c2ccc(C)cc2)cc1C. The van der Waals surface area contributed by atoms with Gasteiger partial charge >= 0.3 is 0 Å². The lowest BCUT2D eigenvalue weighted by Gasteiger charge is -2.29. The van der Waals surface area contributed by atoms with Gasteiger partial charge in [0.15, 0.2) is 0 Å². The van der Waals surface area contributed by atoms with E-state index in [1.165, 1.54) is 0 Å². The number of aryl methyl sites for hydroxylation is 2. The van der Waals surface area contributed by atoms with Gasteiger partial charge in [-0.05, 0) is 49.6 Å². The highest BCUT2D eigenvalue weighted by Crippen LogP contribution is 2.40. The molecule has 0 bridgehead atoms. The first kappa shape index (κ1) is 24.0. The molecule has 2 aliphatic rings. The number of Topliss-reactive ketones (excluding diaryl/α,β-unsaturated/α-hetero) is 1. The molecular formula is C27H32N2O5. The van der Waals surface area contributed by atoms with Gasteiger partial charge in [0, 0.05) is 31.7 Å². The van der Waals surface area contributed by atoms with Gasteiger partial charge in [-0.2, -0.15) is 0 Å². The standard InChI is InChI=1S/C27H32N2O5/c1-18-5-7-20(8-6-18)24-23(25(30)21-9-10-22(33-3)19(2)17-21)26(31)27(32)29(24)12-4-11-28-13-15-34-16-14-28/h5-10,17,24,30H,4,11-16H2,1-3H3/b25-23-. The zero-order chi connectivity index (χ0) is 24.2. The fourth-order valence-electron chi connectivity index (χ4n) is 4.68. The van der Waals surface area contributed by atoms with Gasteiger partial charge in [-0.3, -0.25) is 14.5 Å². The van der Waals surface area contributed by atoms with Gasteiger partial charge < -0.3 is 19.5 Å². The molecule has 2 saturated heterocycles. The van der Waals surface area contributed by atoms with Gasteiger partial charge in [0.05, 0.1) is 31.9 Å². The number of methoxy groups -OCH3 is 1. The second kappa shape index (κ2) is 10.4. The second-order valence-corrected chi connectivity index (χ2v) is 8.90. The predicted molar refractivity (Wildman–Crippen MR) is 130 cm³/mol. The molecule has 0 radical (unpaired) electrons. The van der Waals surface area contributed by atoms with Crippen molar-refractivity contribution in [3.05, 3.63) is 70.3 Å². The normalized spacial score (nSPS) is 20.7. The molecule has 34 heavy (non-hydrogen) atoms. The van der Waals surface area contributed by atoms with E-state index in [0.29, 0.717) is 17.9 Å². The minimum Gasteiger partial charge on any atom is -0.507 e. The molecule has 7 nitrogen and oxygen atoms in total. The number of amides is 1. The highest BCUT2D eigenvalue weighted by atomic mass is 16.5. The van der Waals surface area contributed by atoms with Crippen molar-refractivity contribution in [1.29, 1.82) is 0 Å². The average Bonchev–Trinajstić information content (AvgIpc) is 3.09. The van der Waals surface area contributed by atoms with E-state index in [-0.39, 0.29) is 11.3 Å². The van der Waals surface area contributed by atoms with Crippen LogP contribution >= 0.6 is 0 Å². The fourth-order valence-corrected chi connectivity index (χ4v) is 4.68. The van der Waals surface area contributed by atoms with Crippen LogP contribution in [-0.2, 0) is 14.3 Å². The van der Waals surface area contributed by atoms with Gasteiger partial charge in [0.2, 0.25) is 0 Å². The number of hydrogen-bond donors (Lipinski definition) is 1. The van der Waals surface area contributed by atoms with Crippen molar-refractivity contribution in [2.45, 2.75) is 26.3 Å². The van der Waals surface area contributed by atoms with Gasteiger partial charge in [-0.15, -0.1) is 0 Å². The number of benzene rings is 2. The molecule has 180 valence electrons. The van der Waals surface area contributed by atoms with Gasteiger partial charge in [0.25, 0.3) is 11.7 Å². The zero-order valence-corrected chi connectivity index (χ0v) is 20.0. The maximum Gasteiger partial charge on any atom is 0.295 e. The van der Waals surface area contributed by atoms with Crippen LogP contribution in [0.5, 0.6) is 5.75 Å². The molecule has 2 aromatic rings. The molecule has 1 unspecified atom stereocenters. The number of hydrogen-bond acceptors (Lipinski definition) is 6. The number of aliphatic hydroxyl groups excluding tert-OH is 1. The van der Waals surface area contributed by atoms with E-state index in [1.807, 2.05) is 38.1 Å². The van der Waals surface area contributed by atoms with Crippen LogP contribution in [0.3, 0.4) is 0 Å². The molecule has 0 aromatic heterocycles. The quantitative estimate of drug-likeness (QED) is 0.384. The van der Waals surface area contributed by atoms with Crippen LogP contribution in [0.2, 0.25) is 0 Å². The summed E-state index contributed by atoms with van der Waals surface area (Å²) in [5.41, 5.74) is 3.34. The molecular weight excluding hydrogens is 432 g/mol. The smallest absolute Gasteiger partial charge is 0.295 e. The number of nitrogens with zero attached hydrogens (tertiary/aromatic N) is 2. The number of morpholine rings is 1. The minimum absolute atomic E-state index is 0.129. The van der Waals surface area contributed by atoms with Crippen molar-refractivity contribution in [3.63, 3.8) is 0 Å². The maximum absolute atomic E-state index is 13.2. The molecule has 1 N–H and O–H groups in total. The Morgan fingerprint density at radius 2 is 1.76 bits per heavy atom. The molecule has 1 amide bonds. The number of carbonyl (C=O) groups is 2. The van der Waals surface area contributed by atoms with Crippen LogP contribution in [0, 0.1) is 13.8 Å². The maximum atomic E-state index is 13.2. The summed E-state index contributed by atoms with van der Waals surface area (Å²) in [6, 6.07) is 12.4. The number of likely N-dealkylation sites (tertiary alicyclic amines) is 1. The first-order chi connectivity index (χ1) is 16.4. The molecule has 0 aliphatic carbocycles. The summed E-state index contributed by atoms with van der Waals surface area (Å²) >= 11 is 0. The van der Waals surface area contributed by atoms with Gasteiger partial charge in [0.1, 0.15) is 11.5 Å². The van der Waals surface area contributed by atoms with Crippen molar-refractivity contribution < 1.29 is 24.2 Å². The molecule has 2 fully saturated rings. The van der Waals surface area contributed by atoms with E-state index in [9.17, 15) is 14.7 Å². The Morgan fingerprint density at radius 1 is 1.06 bits per heavy atom. The molecule has 2 aliphatic heterocycles. The highest BCUT2D eigenvalue weighted by Gasteiger charge is 2.45. The monoisotopic (exact) mass is 464 g/mol. The van der Waals surface area contributed by atoms with Crippen LogP contribution < -0.4 is 4.74 Å². The number of ketones is 1. The molecule has 1 atom stereocenters. The highest BCUT2D eigenvalue weighted by molar-refractivity contribution is 6.46. The average molecular weight is 465 g/mol. The molecule has 2 heterocycles. The lowest BCUT2D eigenvalue weighted by atomic mass is 9.94. The summed E-state index contributed by atoms with van der Waals surface area (Å²) in [5.74, 6) is -0.692. The van der Waals surface area contributed by atoms with Crippen molar-refractivity contribution in [3.8, 4) is 5.75 Å². The van der Waals surface area contributed by atoms with Crippen LogP contribution in [0.4, 0.5) is 0 Å². The van der Waals surface area contributed by atoms with Crippen LogP contribution in [0.1, 0.15) is 34.7 Å². The minimum atomic E-state index is -0.650. The second-order valence-electron chi connectivity index (χ2n) is 8.90. The summed E-state index contributed by atoms with van der Waals surface area (Å²) in [4.78, 5) is 30.2. The molecule has 7 heteroatoms. The first-order valence-electron chi connectivity index (χ1n) is 11.7. The molecule has 4 rings (SSSR count). The number of rotatable bonds is 7. The van der Waals surface area contributed by atoms with Gasteiger partial charge in [-0.25, -0.2) is 0 Å².